The summed E-state index contributed by atoms with van der Waals surface area (Å²) in [6, 6.07) is 7.69. The van der Waals surface area contributed by atoms with E-state index in [9.17, 15) is 4.79 Å². The minimum absolute atomic E-state index is 0.259. The third kappa shape index (κ3) is 2.76. The molecule has 0 aliphatic rings. The first kappa shape index (κ1) is 13.0. The van der Waals surface area contributed by atoms with Crippen molar-refractivity contribution >= 4 is 27.6 Å². The largest absolute Gasteiger partial charge is 0.467 e. The highest BCUT2D eigenvalue weighted by molar-refractivity contribution is 9.10. The molecule has 0 fully saturated rings. The van der Waals surface area contributed by atoms with Crippen LogP contribution in [0.1, 0.15) is 20.3 Å². The van der Waals surface area contributed by atoms with Crippen LogP contribution in [0, 0.1) is 0 Å². The highest BCUT2D eigenvalue weighted by Gasteiger charge is 2.32. The van der Waals surface area contributed by atoms with E-state index in [-0.39, 0.29) is 5.97 Å². The van der Waals surface area contributed by atoms with Crippen LogP contribution in [0.2, 0.25) is 0 Å². The summed E-state index contributed by atoms with van der Waals surface area (Å²) in [6.45, 7) is 3.78. The van der Waals surface area contributed by atoms with Crippen molar-refractivity contribution < 1.29 is 9.53 Å². The smallest absolute Gasteiger partial charge is 0.331 e. The van der Waals surface area contributed by atoms with Gasteiger partial charge in [0.25, 0.3) is 0 Å². The summed E-state index contributed by atoms with van der Waals surface area (Å²) in [6.07, 6.45) is 0.654. The minimum Gasteiger partial charge on any atom is -0.467 e. The molecule has 88 valence electrons. The lowest BCUT2D eigenvalue weighted by atomic mass is 9.98. The van der Waals surface area contributed by atoms with Gasteiger partial charge in [-0.2, -0.15) is 0 Å². The molecule has 1 aromatic carbocycles. The number of methoxy groups -OCH3 is 1. The lowest BCUT2D eigenvalue weighted by Crippen LogP contribution is -2.43. The third-order valence-electron chi connectivity index (χ3n) is 2.63. The van der Waals surface area contributed by atoms with E-state index in [1.807, 2.05) is 38.1 Å². The van der Waals surface area contributed by atoms with Crippen molar-refractivity contribution in [1.29, 1.82) is 0 Å². The predicted octanol–water partition coefficient (Wildman–Crippen LogP) is 3.20. The van der Waals surface area contributed by atoms with Crippen molar-refractivity contribution in [2.75, 3.05) is 12.4 Å². The van der Waals surface area contributed by atoms with Gasteiger partial charge < -0.3 is 10.1 Å². The summed E-state index contributed by atoms with van der Waals surface area (Å²) in [5.74, 6) is -0.259. The van der Waals surface area contributed by atoms with Crippen molar-refractivity contribution in [3.63, 3.8) is 0 Å². The molecule has 1 unspecified atom stereocenters. The molecule has 1 aromatic rings. The fourth-order valence-electron chi connectivity index (χ4n) is 1.37. The van der Waals surface area contributed by atoms with Crippen molar-refractivity contribution in [3.8, 4) is 0 Å². The molecule has 0 heterocycles. The van der Waals surface area contributed by atoms with Gasteiger partial charge in [-0.3, -0.25) is 0 Å². The second-order valence-electron chi connectivity index (χ2n) is 3.78. The Bertz CT molecular complexity index is 381. The first-order valence-corrected chi connectivity index (χ1v) is 5.94. The van der Waals surface area contributed by atoms with Crippen molar-refractivity contribution in [2.45, 2.75) is 25.8 Å². The number of nitrogens with one attached hydrogen (secondary N) is 1. The number of carbonyl (C=O) groups is 1. The Morgan fingerprint density at radius 2 is 2.12 bits per heavy atom. The van der Waals surface area contributed by atoms with Gasteiger partial charge in [-0.25, -0.2) is 4.79 Å². The highest BCUT2D eigenvalue weighted by atomic mass is 79.9. The van der Waals surface area contributed by atoms with E-state index in [0.29, 0.717) is 6.42 Å². The van der Waals surface area contributed by atoms with Crippen LogP contribution in [0.5, 0.6) is 0 Å². The van der Waals surface area contributed by atoms with Gasteiger partial charge in [-0.1, -0.05) is 19.1 Å². The molecule has 0 saturated heterocycles. The number of benzene rings is 1. The van der Waals surface area contributed by atoms with E-state index in [1.165, 1.54) is 7.11 Å². The Morgan fingerprint density at radius 3 is 2.62 bits per heavy atom. The van der Waals surface area contributed by atoms with Gasteiger partial charge in [0.2, 0.25) is 0 Å². The number of anilines is 1. The van der Waals surface area contributed by atoms with Crippen molar-refractivity contribution in [1.82, 2.24) is 0 Å². The molecule has 0 bridgehead atoms. The van der Waals surface area contributed by atoms with E-state index in [4.69, 9.17) is 4.74 Å². The molecule has 3 nitrogen and oxygen atoms in total. The fraction of sp³-hybridized carbons (Fsp3) is 0.417. The molecule has 0 radical (unpaired) electrons. The molecule has 16 heavy (non-hydrogen) atoms. The lowest BCUT2D eigenvalue weighted by molar-refractivity contribution is -0.145. The maximum absolute atomic E-state index is 11.7. The van der Waals surface area contributed by atoms with Crippen LogP contribution in [0.3, 0.4) is 0 Å². The number of hydrogen-bond acceptors (Lipinski definition) is 3. The third-order valence-corrected chi connectivity index (χ3v) is 3.32. The van der Waals surface area contributed by atoms with E-state index < -0.39 is 5.54 Å². The molecule has 0 aromatic heterocycles. The number of hydrogen-bond donors (Lipinski definition) is 1. The molecule has 0 aliphatic carbocycles. The number of carbonyl (C=O) groups excluding carboxylic acids is 1. The zero-order valence-corrected chi connectivity index (χ0v) is 11.3. The topological polar surface area (TPSA) is 38.3 Å². The molecule has 1 rings (SSSR count). The van der Waals surface area contributed by atoms with Crippen LogP contribution in [0.4, 0.5) is 5.69 Å². The molecule has 0 spiro atoms. The standard InChI is InChI=1S/C12H16BrNO2/c1-4-12(2,11(15)16-3)14-10-8-6-5-7-9(10)13/h5-8,14H,4H2,1-3H3. The Morgan fingerprint density at radius 1 is 1.50 bits per heavy atom. The number of para-hydroxylation sites is 1. The summed E-state index contributed by atoms with van der Waals surface area (Å²) in [5.41, 5.74) is 0.191. The Balaban J connectivity index is 2.94. The van der Waals surface area contributed by atoms with Crippen LogP contribution < -0.4 is 5.32 Å². The fourth-order valence-corrected chi connectivity index (χ4v) is 1.75. The molecule has 1 N–H and O–H groups in total. The van der Waals surface area contributed by atoms with Gasteiger partial charge in [0.1, 0.15) is 5.54 Å². The average Bonchev–Trinajstić information content (AvgIpc) is 2.31. The molecule has 4 heteroatoms. The van der Waals surface area contributed by atoms with Gasteiger partial charge in [-0.15, -0.1) is 0 Å². The zero-order valence-electron chi connectivity index (χ0n) is 9.71. The second-order valence-corrected chi connectivity index (χ2v) is 4.64. The molecule has 0 aliphatic heterocycles. The van der Waals surface area contributed by atoms with E-state index in [2.05, 4.69) is 21.2 Å². The Hall–Kier alpha value is -1.03. The van der Waals surface area contributed by atoms with Crippen LogP contribution in [0.15, 0.2) is 28.7 Å². The van der Waals surface area contributed by atoms with Crippen LogP contribution >= 0.6 is 15.9 Å². The summed E-state index contributed by atoms with van der Waals surface area (Å²) in [4.78, 5) is 11.7. The number of halogens is 1. The zero-order chi connectivity index (χ0) is 12.2. The Kier molecular flexibility index (Phi) is 4.35. The summed E-state index contributed by atoms with van der Waals surface area (Å²) >= 11 is 3.43. The van der Waals surface area contributed by atoms with E-state index in [0.717, 1.165) is 10.2 Å². The summed E-state index contributed by atoms with van der Waals surface area (Å²) in [7, 11) is 1.40. The quantitative estimate of drug-likeness (QED) is 0.864. The number of rotatable bonds is 4. The Labute approximate surface area is 104 Å². The average molecular weight is 286 g/mol. The first-order valence-electron chi connectivity index (χ1n) is 5.14. The van der Waals surface area contributed by atoms with Gasteiger partial charge in [0.05, 0.1) is 7.11 Å². The molecular weight excluding hydrogens is 270 g/mol. The lowest BCUT2D eigenvalue weighted by Gasteiger charge is -2.28. The summed E-state index contributed by atoms with van der Waals surface area (Å²) < 4.78 is 5.73. The number of ether oxygens (including phenoxy) is 1. The monoisotopic (exact) mass is 285 g/mol. The van der Waals surface area contributed by atoms with Gasteiger partial charge in [0.15, 0.2) is 0 Å². The van der Waals surface area contributed by atoms with E-state index in [1.54, 1.807) is 0 Å². The highest BCUT2D eigenvalue weighted by Crippen LogP contribution is 2.26. The van der Waals surface area contributed by atoms with Gasteiger partial charge in [-0.05, 0) is 41.4 Å². The van der Waals surface area contributed by atoms with Crippen molar-refractivity contribution in [3.05, 3.63) is 28.7 Å². The molecular formula is C12H16BrNO2. The number of esters is 1. The van der Waals surface area contributed by atoms with Gasteiger partial charge in [0, 0.05) is 10.2 Å². The maximum atomic E-state index is 11.7. The van der Waals surface area contributed by atoms with Crippen LogP contribution in [0.25, 0.3) is 0 Å². The molecule has 0 saturated carbocycles. The predicted molar refractivity (Wildman–Crippen MR) is 68.5 cm³/mol. The molecule has 0 amide bonds. The van der Waals surface area contributed by atoms with Crippen LogP contribution in [-0.2, 0) is 9.53 Å². The van der Waals surface area contributed by atoms with E-state index >= 15 is 0 Å². The van der Waals surface area contributed by atoms with Crippen LogP contribution in [-0.4, -0.2) is 18.6 Å². The minimum atomic E-state index is -0.696. The normalized spacial score (nSPS) is 14.0. The molecule has 1 atom stereocenters. The SMILES string of the molecule is CCC(C)(Nc1ccccc1Br)C(=O)OC. The summed E-state index contributed by atoms with van der Waals surface area (Å²) in [5, 5.41) is 3.20. The van der Waals surface area contributed by atoms with Gasteiger partial charge >= 0.3 is 5.97 Å². The van der Waals surface area contributed by atoms with Crippen molar-refractivity contribution in [2.24, 2.45) is 0 Å². The second kappa shape index (κ2) is 5.34. The maximum Gasteiger partial charge on any atom is 0.331 e. The first-order chi connectivity index (χ1) is 7.53.